The topological polar surface area (TPSA) is 77.0 Å². The van der Waals surface area contributed by atoms with Crippen molar-refractivity contribution >= 4 is 23.5 Å². The van der Waals surface area contributed by atoms with Crippen molar-refractivity contribution in [2.75, 3.05) is 38.5 Å². The number of halogens is 1. The van der Waals surface area contributed by atoms with E-state index in [9.17, 15) is 14.0 Å². The number of nitrogens with zero attached hydrogens (tertiary/aromatic N) is 3. The molecule has 2 aliphatic heterocycles. The lowest BCUT2D eigenvalue weighted by Gasteiger charge is -2.36. The minimum absolute atomic E-state index is 0.00424. The quantitative estimate of drug-likeness (QED) is 0.814. The molecule has 2 aliphatic rings. The van der Waals surface area contributed by atoms with Gasteiger partial charge in [-0.15, -0.1) is 0 Å². The summed E-state index contributed by atoms with van der Waals surface area (Å²) in [5.74, 6) is -0.514. The smallest absolute Gasteiger partial charge is 0.249 e. The molecular formula is C16H20FN5O2. The molecule has 0 radical (unpaired) electrons. The van der Waals surface area contributed by atoms with Crippen molar-refractivity contribution in [1.82, 2.24) is 15.1 Å². The first-order valence-electron chi connectivity index (χ1n) is 7.89. The summed E-state index contributed by atoms with van der Waals surface area (Å²) in [6, 6.07) is 4.70. The second kappa shape index (κ2) is 6.96. The van der Waals surface area contributed by atoms with Gasteiger partial charge >= 0.3 is 0 Å². The number of hydrogen-bond acceptors (Lipinski definition) is 5. The number of carbonyl (C=O) groups excluding carboxylic acids is 2. The predicted molar refractivity (Wildman–Crippen MR) is 88.1 cm³/mol. The molecule has 0 unspecified atom stereocenters. The molecule has 1 fully saturated rings. The molecule has 2 heterocycles. The maximum Gasteiger partial charge on any atom is 0.249 e. The Bertz CT molecular complexity index is 653. The Hall–Kier alpha value is -2.48. The average molecular weight is 333 g/mol. The lowest BCUT2D eigenvalue weighted by molar-refractivity contribution is -0.125. The van der Waals surface area contributed by atoms with Crippen molar-refractivity contribution in [3.05, 3.63) is 30.1 Å². The van der Waals surface area contributed by atoms with Gasteiger partial charge in [0.15, 0.2) is 0 Å². The molecule has 0 spiro atoms. The molecule has 2 N–H and O–H groups in total. The van der Waals surface area contributed by atoms with E-state index in [0.29, 0.717) is 11.6 Å². The molecule has 0 bridgehead atoms. The molecule has 128 valence electrons. The molecule has 1 atom stereocenters. The van der Waals surface area contributed by atoms with Crippen LogP contribution in [0.1, 0.15) is 6.42 Å². The predicted octanol–water partition coefficient (Wildman–Crippen LogP) is 0.256. The van der Waals surface area contributed by atoms with Crippen LogP contribution in [0, 0.1) is 5.82 Å². The molecule has 1 saturated heterocycles. The van der Waals surface area contributed by atoms with E-state index in [4.69, 9.17) is 0 Å². The zero-order valence-corrected chi connectivity index (χ0v) is 13.5. The normalized spacial score (nSPS) is 21.9. The highest BCUT2D eigenvalue weighted by atomic mass is 19.1. The molecule has 2 amide bonds. The minimum atomic E-state index is -0.779. The number of rotatable bonds is 2. The zero-order valence-electron chi connectivity index (χ0n) is 13.5. The number of aliphatic imine (C=N–C) groups is 1. The largest absolute Gasteiger partial charge is 0.340 e. The number of likely N-dealkylation sites (N-methyl/N-ethyl adjacent to an activating group) is 1. The Balaban J connectivity index is 1.69. The monoisotopic (exact) mass is 333 g/mol. The highest BCUT2D eigenvalue weighted by Crippen LogP contribution is 2.13. The van der Waals surface area contributed by atoms with Crippen molar-refractivity contribution in [3.8, 4) is 0 Å². The summed E-state index contributed by atoms with van der Waals surface area (Å²) in [5.41, 5.74) is 0.476. The van der Waals surface area contributed by atoms with Gasteiger partial charge in [0.05, 0.1) is 6.42 Å². The van der Waals surface area contributed by atoms with Gasteiger partial charge in [-0.2, -0.15) is 0 Å². The summed E-state index contributed by atoms with van der Waals surface area (Å²) < 4.78 is 12.9. The van der Waals surface area contributed by atoms with Crippen molar-refractivity contribution in [2.45, 2.75) is 12.5 Å². The van der Waals surface area contributed by atoms with Gasteiger partial charge in [-0.3, -0.25) is 14.9 Å². The second-order valence-corrected chi connectivity index (χ2v) is 6.01. The molecule has 8 heteroatoms. The third-order valence-corrected chi connectivity index (χ3v) is 4.13. The standard InChI is InChI=1S/C16H20FN5O2/c1-21-6-8-22(9-7-21)16-19-13(10-14(23)20-16)15(24)18-12-4-2-11(17)3-5-12/h2-5,13H,6-10H2,1H3,(H,18,24)(H,19,20,23)/t13-/m1/s1. The van der Waals surface area contributed by atoms with Crippen LogP contribution >= 0.6 is 0 Å². The van der Waals surface area contributed by atoms with Crippen LogP contribution in [0.2, 0.25) is 0 Å². The van der Waals surface area contributed by atoms with Crippen LogP contribution in [0.5, 0.6) is 0 Å². The highest BCUT2D eigenvalue weighted by molar-refractivity contribution is 6.05. The van der Waals surface area contributed by atoms with E-state index in [2.05, 4.69) is 20.5 Å². The zero-order chi connectivity index (χ0) is 17.1. The number of hydrogen-bond donors (Lipinski definition) is 2. The Labute approximate surface area is 139 Å². The average Bonchev–Trinajstić information content (AvgIpc) is 2.57. The van der Waals surface area contributed by atoms with E-state index in [1.807, 2.05) is 11.9 Å². The molecule has 24 heavy (non-hydrogen) atoms. The van der Waals surface area contributed by atoms with Gasteiger partial charge in [0.25, 0.3) is 0 Å². The third-order valence-electron chi connectivity index (χ3n) is 4.13. The number of nitrogens with one attached hydrogen (secondary N) is 2. The van der Waals surface area contributed by atoms with Gasteiger partial charge in [-0.25, -0.2) is 9.38 Å². The van der Waals surface area contributed by atoms with Gasteiger partial charge in [0.1, 0.15) is 11.9 Å². The van der Waals surface area contributed by atoms with E-state index < -0.39 is 6.04 Å². The molecular weight excluding hydrogens is 313 g/mol. The van der Waals surface area contributed by atoms with Gasteiger partial charge in [0.2, 0.25) is 17.8 Å². The van der Waals surface area contributed by atoms with Gasteiger partial charge in [-0.1, -0.05) is 0 Å². The first kappa shape index (κ1) is 16.4. The van der Waals surface area contributed by atoms with Crippen LogP contribution in [0.3, 0.4) is 0 Å². The summed E-state index contributed by atoms with van der Waals surface area (Å²) in [4.78, 5) is 32.9. The van der Waals surface area contributed by atoms with Gasteiger partial charge in [0, 0.05) is 31.9 Å². The molecule has 7 nitrogen and oxygen atoms in total. The van der Waals surface area contributed by atoms with Crippen molar-refractivity contribution < 1.29 is 14.0 Å². The maximum absolute atomic E-state index is 12.9. The van der Waals surface area contributed by atoms with E-state index in [1.54, 1.807) is 0 Å². The first-order valence-corrected chi connectivity index (χ1v) is 7.89. The summed E-state index contributed by atoms with van der Waals surface area (Å²) in [5, 5.41) is 5.42. The molecule has 3 rings (SSSR count). The van der Waals surface area contributed by atoms with Crippen molar-refractivity contribution in [1.29, 1.82) is 0 Å². The third kappa shape index (κ3) is 3.88. The Kier molecular flexibility index (Phi) is 4.75. The number of amides is 2. The van der Waals surface area contributed by atoms with Crippen LogP contribution in [0.4, 0.5) is 10.1 Å². The minimum Gasteiger partial charge on any atom is -0.340 e. The molecule has 0 aliphatic carbocycles. The Morgan fingerprint density at radius 1 is 1.25 bits per heavy atom. The van der Waals surface area contributed by atoms with Crippen molar-refractivity contribution in [2.24, 2.45) is 4.99 Å². The summed E-state index contributed by atoms with van der Waals surface area (Å²) in [7, 11) is 2.04. The molecule has 1 aromatic carbocycles. The lowest BCUT2D eigenvalue weighted by atomic mass is 10.1. The van der Waals surface area contributed by atoms with E-state index in [-0.39, 0.29) is 24.1 Å². The van der Waals surface area contributed by atoms with Crippen LogP contribution in [0.25, 0.3) is 0 Å². The first-order chi connectivity index (χ1) is 11.5. The Morgan fingerprint density at radius 3 is 2.58 bits per heavy atom. The summed E-state index contributed by atoms with van der Waals surface area (Å²) >= 11 is 0. The van der Waals surface area contributed by atoms with Crippen molar-refractivity contribution in [3.63, 3.8) is 0 Å². The molecule has 1 aromatic rings. The van der Waals surface area contributed by atoms with E-state index in [0.717, 1.165) is 26.2 Å². The van der Waals surface area contributed by atoms with Crippen LogP contribution in [-0.2, 0) is 9.59 Å². The number of carbonyl (C=O) groups is 2. The number of anilines is 1. The fourth-order valence-electron chi connectivity index (χ4n) is 2.67. The van der Waals surface area contributed by atoms with Crippen LogP contribution in [-0.4, -0.2) is 66.8 Å². The van der Waals surface area contributed by atoms with Crippen LogP contribution in [0.15, 0.2) is 29.3 Å². The van der Waals surface area contributed by atoms with Crippen LogP contribution < -0.4 is 10.6 Å². The number of piperazine rings is 1. The fourth-order valence-corrected chi connectivity index (χ4v) is 2.67. The lowest BCUT2D eigenvalue weighted by Crippen LogP contribution is -2.55. The maximum atomic E-state index is 12.9. The molecule has 0 saturated carbocycles. The SMILES string of the molecule is CN1CCN(C2=N[C@@H](C(=O)Nc3ccc(F)cc3)CC(=O)N2)CC1. The van der Waals surface area contributed by atoms with E-state index in [1.165, 1.54) is 24.3 Å². The van der Waals surface area contributed by atoms with Gasteiger partial charge < -0.3 is 15.1 Å². The number of guanidine groups is 1. The second-order valence-electron chi connectivity index (χ2n) is 6.01. The highest BCUT2D eigenvalue weighted by Gasteiger charge is 2.30. The summed E-state index contributed by atoms with van der Waals surface area (Å²) in [6.07, 6.45) is 0.00424. The van der Waals surface area contributed by atoms with E-state index >= 15 is 0 Å². The summed E-state index contributed by atoms with van der Waals surface area (Å²) in [6.45, 7) is 3.26. The Morgan fingerprint density at radius 2 is 1.92 bits per heavy atom. The van der Waals surface area contributed by atoms with Gasteiger partial charge in [-0.05, 0) is 31.3 Å². The number of benzene rings is 1. The molecule has 0 aromatic heterocycles. The fraction of sp³-hybridized carbons (Fsp3) is 0.438.